The van der Waals surface area contributed by atoms with Crippen LogP contribution in [0.25, 0.3) is 0 Å². The van der Waals surface area contributed by atoms with E-state index in [2.05, 4.69) is 179 Å². The van der Waals surface area contributed by atoms with Gasteiger partial charge in [0.25, 0.3) is 0 Å². The van der Waals surface area contributed by atoms with E-state index in [0.717, 1.165) is 116 Å². The Kier molecular flexibility index (Phi) is 50.7. The second kappa shape index (κ2) is 55.1. The lowest BCUT2D eigenvalue weighted by molar-refractivity contribution is -0.166. The van der Waals surface area contributed by atoms with Gasteiger partial charge in [0.2, 0.25) is 0 Å². The lowest BCUT2D eigenvalue weighted by Crippen LogP contribution is -2.30. The van der Waals surface area contributed by atoms with Gasteiger partial charge in [0, 0.05) is 19.3 Å². The summed E-state index contributed by atoms with van der Waals surface area (Å²) in [6.07, 6.45) is 83.4. The lowest BCUT2D eigenvalue weighted by atomic mass is 10.1. The number of ether oxygens (including phenoxy) is 3. The number of allylic oxidation sites excluding steroid dienone is 30. The molecule has 0 fully saturated rings. The van der Waals surface area contributed by atoms with Crippen molar-refractivity contribution in [3.63, 3.8) is 0 Å². The minimum Gasteiger partial charge on any atom is -0.462 e. The Balaban J connectivity index is 4.57. The first kappa shape index (κ1) is 63.5. The number of carbonyl (C=O) groups excluding carboxylic acids is 3. The van der Waals surface area contributed by atoms with Gasteiger partial charge in [-0.25, -0.2) is 0 Å². The Morgan fingerprint density at radius 3 is 0.870 bits per heavy atom. The van der Waals surface area contributed by atoms with Gasteiger partial charge in [0.1, 0.15) is 13.2 Å². The maximum atomic E-state index is 12.7. The second-order valence-electron chi connectivity index (χ2n) is 16.3. The summed E-state index contributed by atoms with van der Waals surface area (Å²) in [4.78, 5) is 37.9. The molecule has 1 unspecified atom stereocenters. The van der Waals surface area contributed by atoms with Gasteiger partial charge >= 0.3 is 17.9 Å². The van der Waals surface area contributed by atoms with Crippen LogP contribution in [-0.2, 0) is 28.6 Å². The van der Waals surface area contributed by atoms with Crippen molar-refractivity contribution < 1.29 is 28.6 Å². The summed E-state index contributed by atoms with van der Waals surface area (Å²) < 4.78 is 16.6. The summed E-state index contributed by atoms with van der Waals surface area (Å²) in [5.41, 5.74) is 0. The zero-order valence-corrected chi connectivity index (χ0v) is 43.2. The summed E-state index contributed by atoms with van der Waals surface area (Å²) in [6.45, 7) is 6.09. The molecule has 0 aliphatic carbocycles. The van der Waals surface area contributed by atoms with Crippen molar-refractivity contribution in [3.05, 3.63) is 182 Å². The van der Waals surface area contributed by atoms with E-state index in [1.54, 1.807) is 0 Å². The third kappa shape index (κ3) is 53.3. The van der Waals surface area contributed by atoms with Crippen molar-refractivity contribution in [2.75, 3.05) is 13.2 Å². The molecule has 6 nitrogen and oxygen atoms in total. The van der Waals surface area contributed by atoms with Crippen molar-refractivity contribution in [2.24, 2.45) is 0 Å². The average molecular weight is 945 g/mol. The van der Waals surface area contributed by atoms with Crippen molar-refractivity contribution >= 4 is 17.9 Å². The number of unbranched alkanes of at least 4 members (excludes halogenated alkanes) is 3. The van der Waals surface area contributed by atoms with E-state index in [-0.39, 0.29) is 38.4 Å². The molecule has 0 aromatic carbocycles. The fourth-order valence-electron chi connectivity index (χ4n) is 6.09. The Morgan fingerprint density at radius 1 is 0.290 bits per heavy atom. The molecule has 1 atom stereocenters. The number of esters is 3. The minimum absolute atomic E-state index is 0.157. The summed E-state index contributed by atoms with van der Waals surface area (Å²) >= 11 is 0. The normalized spacial score (nSPS) is 13.6. The van der Waals surface area contributed by atoms with Gasteiger partial charge in [-0.2, -0.15) is 0 Å². The van der Waals surface area contributed by atoms with Crippen LogP contribution in [0.2, 0.25) is 0 Å². The van der Waals surface area contributed by atoms with Crippen LogP contribution in [-0.4, -0.2) is 37.2 Å². The molecule has 0 bridgehead atoms. The average Bonchev–Trinajstić information content (AvgIpc) is 3.35. The summed E-state index contributed by atoms with van der Waals surface area (Å²) in [7, 11) is 0. The molecule has 0 N–H and O–H groups in total. The molecule has 0 saturated heterocycles. The molecule has 0 spiro atoms. The molecule has 0 rings (SSSR count). The van der Waals surface area contributed by atoms with E-state index in [1.807, 2.05) is 24.3 Å². The molecule has 0 radical (unpaired) electrons. The van der Waals surface area contributed by atoms with Crippen LogP contribution in [0.3, 0.4) is 0 Å². The number of rotatable bonds is 44. The lowest BCUT2D eigenvalue weighted by Gasteiger charge is -2.18. The third-order valence-corrected chi connectivity index (χ3v) is 9.91. The van der Waals surface area contributed by atoms with Crippen LogP contribution in [0.15, 0.2) is 182 Å². The molecule has 0 aromatic rings. The zero-order valence-electron chi connectivity index (χ0n) is 43.2. The molecular formula is C63H92O6. The number of hydrogen-bond acceptors (Lipinski definition) is 6. The van der Waals surface area contributed by atoms with Crippen LogP contribution in [0.1, 0.15) is 175 Å². The van der Waals surface area contributed by atoms with Crippen molar-refractivity contribution in [3.8, 4) is 0 Å². The Bertz CT molecular complexity index is 1700. The van der Waals surface area contributed by atoms with E-state index in [9.17, 15) is 14.4 Å². The predicted octanol–water partition coefficient (Wildman–Crippen LogP) is 17.7. The van der Waals surface area contributed by atoms with E-state index in [0.29, 0.717) is 19.3 Å². The number of carbonyl (C=O) groups is 3. The number of hydrogen-bond donors (Lipinski definition) is 0. The molecule has 0 aromatic heterocycles. The highest BCUT2D eigenvalue weighted by Crippen LogP contribution is 2.09. The van der Waals surface area contributed by atoms with Gasteiger partial charge in [-0.1, -0.05) is 209 Å². The van der Waals surface area contributed by atoms with Gasteiger partial charge in [0.15, 0.2) is 6.10 Å². The molecule has 0 aliphatic heterocycles. The fraction of sp³-hybridized carbons (Fsp3) is 0.476. The quantitative estimate of drug-likeness (QED) is 0.0262. The van der Waals surface area contributed by atoms with Gasteiger partial charge in [-0.3, -0.25) is 14.4 Å². The van der Waals surface area contributed by atoms with Gasteiger partial charge in [0.05, 0.1) is 0 Å². The minimum atomic E-state index is -0.869. The third-order valence-electron chi connectivity index (χ3n) is 9.91. The second-order valence-corrected chi connectivity index (χ2v) is 16.3. The zero-order chi connectivity index (χ0) is 50.0. The Morgan fingerprint density at radius 2 is 0.551 bits per heavy atom. The summed E-state index contributed by atoms with van der Waals surface area (Å²) in [6, 6.07) is 0. The Hall–Kier alpha value is -5.49. The highest BCUT2D eigenvalue weighted by atomic mass is 16.6. The Labute approximate surface area is 421 Å². The first-order valence-corrected chi connectivity index (χ1v) is 26.3. The van der Waals surface area contributed by atoms with Crippen molar-refractivity contribution in [2.45, 2.75) is 181 Å². The van der Waals surface area contributed by atoms with Crippen LogP contribution < -0.4 is 0 Å². The van der Waals surface area contributed by atoms with Crippen LogP contribution in [0, 0.1) is 0 Å². The van der Waals surface area contributed by atoms with Crippen molar-refractivity contribution in [1.82, 2.24) is 0 Å². The molecule has 0 aliphatic rings. The predicted molar refractivity (Wildman–Crippen MR) is 297 cm³/mol. The first-order valence-electron chi connectivity index (χ1n) is 26.3. The van der Waals surface area contributed by atoms with E-state index >= 15 is 0 Å². The fourth-order valence-corrected chi connectivity index (χ4v) is 6.09. The van der Waals surface area contributed by atoms with E-state index in [4.69, 9.17) is 14.2 Å². The van der Waals surface area contributed by atoms with Crippen LogP contribution in [0.4, 0.5) is 0 Å². The summed E-state index contributed by atoms with van der Waals surface area (Å²) in [5.74, 6) is -1.17. The SMILES string of the molecule is CC/C=C\C/C=C\C/C=C\C/C=C\C/C=C\C/C=C\C/C=C\CCCCCC(=O)OCC(COC(=O)CC/C=C\C/C=C\C/C=C\C/C=C\CC)OC(=O)CC/C=C\C/C=C\C/C=C\C/C=C\CC. The first-order chi connectivity index (χ1) is 34.0. The molecule has 6 heteroatoms. The largest absolute Gasteiger partial charge is 0.462 e. The van der Waals surface area contributed by atoms with Crippen LogP contribution in [0.5, 0.6) is 0 Å². The molecular weight excluding hydrogens is 853 g/mol. The van der Waals surface area contributed by atoms with Gasteiger partial charge in [-0.05, 0) is 128 Å². The molecule has 380 valence electrons. The molecule has 69 heavy (non-hydrogen) atoms. The topological polar surface area (TPSA) is 78.9 Å². The van der Waals surface area contributed by atoms with Gasteiger partial charge < -0.3 is 14.2 Å². The summed E-state index contributed by atoms with van der Waals surface area (Å²) in [5, 5.41) is 0. The highest BCUT2D eigenvalue weighted by molar-refractivity contribution is 5.71. The van der Waals surface area contributed by atoms with Gasteiger partial charge in [-0.15, -0.1) is 0 Å². The maximum Gasteiger partial charge on any atom is 0.306 e. The standard InChI is InChI=1S/C63H92O6/c1-4-7-10-13-16-19-22-25-26-27-28-29-30-31-32-33-34-35-36-39-41-44-47-50-53-56-62(65)68-59-60(69-63(66)57-54-51-48-45-42-38-24-21-18-15-12-9-6-3)58-67-61(64)55-52-49-46-43-40-37-23-20-17-14-11-8-5-2/h7-12,16-21,25-26,28-29,31-32,34-35,37-42,46,48-49,51,60H,4-6,13-15,22-24,27,30,33,36,43-45,47,50,52-59H2,1-3H3/b10-7-,11-8-,12-9-,19-16-,20-17-,21-18-,26-25-,29-28-,32-31-,35-34-,40-37-,41-39-,42-38-,49-46-,51-48-. The monoisotopic (exact) mass is 945 g/mol. The van der Waals surface area contributed by atoms with E-state index < -0.39 is 18.0 Å². The van der Waals surface area contributed by atoms with Crippen molar-refractivity contribution in [1.29, 1.82) is 0 Å². The maximum absolute atomic E-state index is 12.7. The molecule has 0 amide bonds. The smallest absolute Gasteiger partial charge is 0.306 e. The van der Waals surface area contributed by atoms with Crippen LogP contribution >= 0.6 is 0 Å². The molecule has 0 heterocycles. The molecule has 0 saturated carbocycles. The van der Waals surface area contributed by atoms with E-state index in [1.165, 1.54) is 0 Å². The highest BCUT2D eigenvalue weighted by Gasteiger charge is 2.19.